The first-order chi connectivity index (χ1) is 11.0. The largest absolute Gasteiger partial charge is 0.452 e. The van der Waals surface area contributed by atoms with E-state index in [9.17, 15) is 9.59 Å². The van der Waals surface area contributed by atoms with Gasteiger partial charge in [-0.3, -0.25) is 4.79 Å². The average Bonchev–Trinajstić information content (AvgIpc) is 2.54. The van der Waals surface area contributed by atoms with Crippen molar-refractivity contribution in [3.63, 3.8) is 0 Å². The molecule has 0 bridgehead atoms. The summed E-state index contributed by atoms with van der Waals surface area (Å²) in [6, 6.07) is 11.5. The van der Waals surface area contributed by atoms with Crippen LogP contribution in [0.2, 0.25) is 10.0 Å². The standard InChI is InChI=1S/C16H14Cl2N2O3/c17-12-4-2-1-3-11(12)8-20-15(21)9-23-16(22)10-5-6-13(18)14(19)7-10/h1-7H,8-9,19H2,(H,20,21). The van der Waals surface area contributed by atoms with Crippen LogP contribution in [-0.4, -0.2) is 18.5 Å². The van der Waals surface area contributed by atoms with Gasteiger partial charge >= 0.3 is 5.97 Å². The molecule has 7 heteroatoms. The van der Waals surface area contributed by atoms with Crippen molar-refractivity contribution in [2.45, 2.75) is 6.54 Å². The lowest BCUT2D eigenvalue weighted by Gasteiger charge is -2.08. The molecule has 0 unspecified atom stereocenters. The zero-order chi connectivity index (χ0) is 16.8. The molecule has 120 valence electrons. The Morgan fingerprint density at radius 1 is 1.09 bits per heavy atom. The maximum absolute atomic E-state index is 11.8. The highest BCUT2D eigenvalue weighted by Crippen LogP contribution is 2.19. The molecule has 0 atom stereocenters. The van der Waals surface area contributed by atoms with Gasteiger partial charge in [-0.25, -0.2) is 4.79 Å². The number of hydrogen-bond donors (Lipinski definition) is 2. The molecule has 2 rings (SSSR count). The van der Waals surface area contributed by atoms with Gasteiger partial charge in [-0.15, -0.1) is 0 Å². The van der Waals surface area contributed by atoms with Crippen LogP contribution in [0.25, 0.3) is 0 Å². The molecule has 0 radical (unpaired) electrons. The van der Waals surface area contributed by atoms with Crippen molar-refractivity contribution < 1.29 is 14.3 Å². The Morgan fingerprint density at radius 3 is 2.52 bits per heavy atom. The molecular weight excluding hydrogens is 339 g/mol. The average molecular weight is 353 g/mol. The summed E-state index contributed by atoms with van der Waals surface area (Å²) in [5.41, 5.74) is 6.88. The summed E-state index contributed by atoms with van der Waals surface area (Å²) in [6.45, 7) is -0.143. The van der Waals surface area contributed by atoms with Gasteiger partial charge in [0.25, 0.3) is 5.91 Å². The minimum Gasteiger partial charge on any atom is -0.452 e. The molecule has 2 aromatic carbocycles. The fourth-order valence-corrected chi connectivity index (χ4v) is 2.09. The van der Waals surface area contributed by atoms with Crippen molar-refractivity contribution in [3.05, 3.63) is 63.6 Å². The van der Waals surface area contributed by atoms with Gasteiger partial charge in [0.05, 0.1) is 16.3 Å². The zero-order valence-corrected chi connectivity index (χ0v) is 13.5. The molecule has 0 aliphatic rings. The maximum Gasteiger partial charge on any atom is 0.338 e. The van der Waals surface area contributed by atoms with E-state index in [-0.39, 0.29) is 17.8 Å². The number of amides is 1. The highest BCUT2D eigenvalue weighted by molar-refractivity contribution is 6.33. The number of rotatable bonds is 5. The van der Waals surface area contributed by atoms with E-state index in [2.05, 4.69) is 5.32 Å². The molecule has 0 aromatic heterocycles. The Bertz CT molecular complexity index is 735. The minimum atomic E-state index is -0.652. The molecule has 0 saturated heterocycles. The lowest BCUT2D eigenvalue weighted by atomic mass is 10.2. The monoisotopic (exact) mass is 352 g/mol. The van der Waals surface area contributed by atoms with Gasteiger partial charge in [-0.05, 0) is 29.8 Å². The van der Waals surface area contributed by atoms with Crippen LogP contribution in [0.1, 0.15) is 15.9 Å². The van der Waals surface area contributed by atoms with Crippen LogP contribution in [-0.2, 0) is 16.1 Å². The topological polar surface area (TPSA) is 81.4 Å². The van der Waals surface area contributed by atoms with Crippen molar-refractivity contribution >= 4 is 40.8 Å². The molecule has 3 N–H and O–H groups in total. The molecule has 23 heavy (non-hydrogen) atoms. The summed E-state index contributed by atoms with van der Waals surface area (Å²) in [4.78, 5) is 23.5. The van der Waals surface area contributed by atoms with E-state index >= 15 is 0 Å². The number of anilines is 1. The fraction of sp³-hybridized carbons (Fsp3) is 0.125. The number of nitrogen functional groups attached to an aromatic ring is 1. The van der Waals surface area contributed by atoms with Crippen LogP contribution in [0, 0.1) is 0 Å². The van der Waals surface area contributed by atoms with E-state index in [0.717, 1.165) is 5.56 Å². The number of esters is 1. The Morgan fingerprint density at radius 2 is 1.83 bits per heavy atom. The Labute approximate surface area is 143 Å². The molecule has 0 fully saturated rings. The number of benzene rings is 2. The van der Waals surface area contributed by atoms with E-state index in [4.69, 9.17) is 33.7 Å². The first-order valence-corrected chi connectivity index (χ1v) is 7.45. The molecule has 0 heterocycles. The number of nitrogens with two attached hydrogens (primary N) is 1. The van der Waals surface area contributed by atoms with Crippen LogP contribution in [0.3, 0.4) is 0 Å². The van der Waals surface area contributed by atoms with Gasteiger partial charge in [0, 0.05) is 11.6 Å². The lowest BCUT2D eigenvalue weighted by molar-refractivity contribution is -0.124. The van der Waals surface area contributed by atoms with Gasteiger partial charge < -0.3 is 15.8 Å². The highest BCUT2D eigenvalue weighted by atomic mass is 35.5. The van der Waals surface area contributed by atoms with Crippen LogP contribution in [0.4, 0.5) is 5.69 Å². The van der Waals surface area contributed by atoms with Gasteiger partial charge in [0.1, 0.15) is 0 Å². The first kappa shape index (κ1) is 17.1. The predicted octanol–water partition coefficient (Wildman–Crippen LogP) is 3.05. The molecule has 1 amide bonds. The maximum atomic E-state index is 11.8. The third-order valence-corrected chi connectivity index (χ3v) is 3.71. The number of carbonyl (C=O) groups excluding carboxylic acids is 2. The van der Waals surface area contributed by atoms with Crippen LogP contribution in [0.5, 0.6) is 0 Å². The molecule has 0 saturated carbocycles. The number of carbonyl (C=O) groups is 2. The third-order valence-electron chi connectivity index (χ3n) is 3.00. The lowest BCUT2D eigenvalue weighted by Crippen LogP contribution is -2.28. The molecule has 0 aliphatic carbocycles. The number of ether oxygens (including phenoxy) is 1. The van der Waals surface area contributed by atoms with Crippen molar-refractivity contribution in [3.8, 4) is 0 Å². The third kappa shape index (κ3) is 4.87. The summed E-state index contributed by atoms with van der Waals surface area (Å²) in [7, 11) is 0. The highest BCUT2D eigenvalue weighted by Gasteiger charge is 2.11. The molecule has 0 aliphatic heterocycles. The first-order valence-electron chi connectivity index (χ1n) is 6.69. The van der Waals surface area contributed by atoms with Crippen molar-refractivity contribution in [1.82, 2.24) is 5.32 Å². The molecule has 5 nitrogen and oxygen atoms in total. The summed E-state index contributed by atoms with van der Waals surface area (Å²) in [5, 5.41) is 3.52. The van der Waals surface area contributed by atoms with Crippen LogP contribution in [0.15, 0.2) is 42.5 Å². The van der Waals surface area contributed by atoms with Gasteiger partial charge in [0.2, 0.25) is 0 Å². The Hall–Kier alpha value is -2.24. The van der Waals surface area contributed by atoms with E-state index in [0.29, 0.717) is 10.0 Å². The normalized spacial score (nSPS) is 10.2. The van der Waals surface area contributed by atoms with Gasteiger partial charge in [-0.1, -0.05) is 41.4 Å². The summed E-state index contributed by atoms with van der Waals surface area (Å²) >= 11 is 11.8. The molecule has 0 spiro atoms. The smallest absolute Gasteiger partial charge is 0.338 e. The van der Waals surface area contributed by atoms with Gasteiger partial charge in [0.15, 0.2) is 6.61 Å². The second-order valence-electron chi connectivity index (χ2n) is 4.68. The second kappa shape index (κ2) is 7.85. The van der Waals surface area contributed by atoms with Gasteiger partial charge in [-0.2, -0.15) is 0 Å². The Balaban J connectivity index is 1.83. The van der Waals surface area contributed by atoms with Crippen molar-refractivity contribution in [1.29, 1.82) is 0 Å². The van der Waals surface area contributed by atoms with E-state index in [1.165, 1.54) is 18.2 Å². The zero-order valence-electron chi connectivity index (χ0n) is 12.0. The quantitative estimate of drug-likeness (QED) is 0.640. The minimum absolute atomic E-state index is 0.228. The molecule has 2 aromatic rings. The molecular formula is C16H14Cl2N2O3. The summed E-state index contributed by atoms with van der Waals surface area (Å²) in [5.74, 6) is -1.08. The number of hydrogen-bond acceptors (Lipinski definition) is 4. The summed E-state index contributed by atoms with van der Waals surface area (Å²) in [6.07, 6.45) is 0. The van der Waals surface area contributed by atoms with E-state index < -0.39 is 18.5 Å². The number of halogens is 2. The van der Waals surface area contributed by atoms with Crippen LogP contribution >= 0.6 is 23.2 Å². The van der Waals surface area contributed by atoms with Crippen LogP contribution < -0.4 is 11.1 Å². The van der Waals surface area contributed by atoms with Crippen molar-refractivity contribution in [2.24, 2.45) is 0 Å². The van der Waals surface area contributed by atoms with E-state index in [1.807, 2.05) is 6.07 Å². The van der Waals surface area contributed by atoms with Crippen molar-refractivity contribution in [2.75, 3.05) is 12.3 Å². The summed E-state index contributed by atoms with van der Waals surface area (Å²) < 4.78 is 4.92. The number of nitrogens with one attached hydrogen (secondary N) is 1. The van der Waals surface area contributed by atoms with E-state index in [1.54, 1.807) is 18.2 Å². The SMILES string of the molecule is Nc1cc(C(=O)OCC(=O)NCc2ccccc2Cl)ccc1Cl. The predicted molar refractivity (Wildman–Crippen MR) is 89.4 cm³/mol. The fourth-order valence-electron chi connectivity index (χ4n) is 1.77. The second-order valence-corrected chi connectivity index (χ2v) is 5.49. The Kier molecular flexibility index (Phi) is 5.84.